The van der Waals surface area contributed by atoms with E-state index in [1.807, 2.05) is 0 Å². The van der Waals surface area contributed by atoms with E-state index in [4.69, 9.17) is 4.74 Å². The maximum atomic E-state index is 5.79. The average Bonchev–Trinajstić information content (AvgIpc) is 2.29. The Labute approximate surface area is 84.3 Å². The van der Waals surface area contributed by atoms with Crippen molar-refractivity contribution in [2.24, 2.45) is 0 Å². The number of allylic oxidation sites excluding steroid dienone is 2. The molecule has 0 aromatic carbocycles. The fraction of sp³-hybridized carbons (Fsp3) is 0.500. The van der Waals surface area contributed by atoms with Crippen molar-refractivity contribution in [1.82, 2.24) is 5.32 Å². The Balaban J connectivity index is 2.00. The first kappa shape index (κ1) is 8.45. The second-order valence-corrected chi connectivity index (χ2v) is 4.09. The number of hydrogen-bond acceptors (Lipinski definition) is 2. The van der Waals surface area contributed by atoms with Crippen molar-refractivity contribution < 1.29 is 4.74 Å². The molecule has 2 nitrogen and oxygen atoms in total. The number of ether oxygens (including phenoxy) is 1. The standard InChI is InChI=1S/C12H15NO/c1-2-6-12-10(4-1)9-5-3-7-13-11(9)8-14-12/h1-2,4,6,11-13H,3,5,7-8H2. The Hall–Kier alpha value is -0.860. The van der Waals surface area contributed by atoms with E-state index in [1.165, 1.54) is 18.4 Å². The molecule has 74 valence electrons. The van der Waals surface area contributed by atoms with Crippen LogP contribution in [0.2, 0.25) is 0 Å². The van der Waals surface area contributed by atoms with Gasteiger partial charge in [0.2, 0.25) is 0 Å². The van der Waals surface area contributed by atoms with Crippen molar-refractivity contribution in [1.29, 1.82) is 0 Å². The van der Waals surface area contributed by atoms with Crippen molar-refractivity contribution >= 4 is 0 Å². The minimum Gasteiger partial charge on any atom is -0.367 e. The lowest BCUT2D eigenvalue weighted by Gasteiger charge is -2.36. The van der Waals surface area contributed by atoms with Gasteiger partial charge >= 0.3 is 0 Å². The summed E-state index contributed by atoms with van der Waals surface area (Å²) in [5, 5.41) is 3.51. The molecule has 2 heteroatoms. The normalized spacial score (nSPS) is 35.4. The molecule has 2 unspecified atom stereocenters. The Morgan fingerprint density at radius 3 is 3.36 bits per heavy atom. The Morgan fingerprint density at radius 2 is 2.36 bits per heavy atom. The molecule has 1 fully saturated rings. The van der Waals surface area contributed by atoms with Crippen LogP contribution in [0.25, 0.3) is 0 Å². The zero-order valence-corrected chi connectivity index (χ0v) is 8.20. The van der Waals surface area contributed by atoms with Gasteiger partial charge in [0.1, 0.15) is 6.10 Å². The lowest BCUT2D eigenvalue weighted by Crippen LogP contribution is -2.45. The van der Waals surface area contributed by atoms with E-state index in [0.29, 0.717) is 6.04 Å². The number of rotatable bonds is 0. The lowest BCUT2D eigenvalue weighted by molar-refractivity contribution is 0.0769. The predicted octanol–water partition coefficient (Wildman–Crippen LogP) is 1.56. The molecule has 3 aliphatic rings. The fourth-order valence-electron chi connectivity index (χ4n) is 2.52. The molecule has 2 heterocycles. The molecule has 1 saturated heterocycles. The quantitative estimate of drug-likeness (QED) is 0.624. The molecule has 1 N–H and O–H groups in total. The minimum absolute atomic E-state index is 0.228. The Kier molecular flexibility index (Phi) is 2.03. The summed E-state index contributed by atoms with van der Waals surface area (Å²) in [6.45, 7) is 1.97. The highest BCUT2D eigenvalue weighted by molar-refractivity contribution is 5.42. The maximum absolute atomic E-state index is 5.79. The maximum Gasteiger partial charge on any atom is 0.101 e. The molecule has 0 aromatic heterocycles. The minimum atomic E-state index is 0.228. The summed E-state index contributed by atoms with van der Waals surface area (Å²) >= 11 is 0. The highest BCUT2D eigenvalue weighted by Crippen LogP contribution is 2.30. The van der Waals surface area contributed by atoms with Gasteiger partial charge in [-0.25, -0.2) is 0 Å². The second kappa shape index (κ2) is 3.37. The first-order valence-corrected chi connectivity index (χ1v) is 5.38. The first-order valence-electron chi connectivity index (χ1n) is 5.38. The summed E-state index contributed by atoms with van der Waals surface area (Å²) < 4.78 is 5.79. The van der Waals surface area contributed by atoms with Crippen LogP contribution in [-0.4, -0.2) is 25.3 Å². The van der Waals surface area contributed by atoms with Gasteiger partial charge in [-0.2, -0.15) is 0 Å². The van der Waals surface area contributed by atoms with Crippen LogP contribution in [0.1, 0.15) is 12.8 Å². The number of fused-ring (bicyclic) bond motifs is 2. The number of piperidine rings is 1. The SMILES string of the molecule is C1=CC2=C3CCCNC3COC2C=C1. The van der Waals surface area contributed by atoms with Crippen LogP contribution in [0.15, 0.2) is 35.5 Å². The van der Waals surface area contributed by atoms with Crippen molar-refractivity contribution in [2.45, 2.75) is 25.0 Å². The smallest absolute Gasteiger partial charge is 0.101 e. The molecule has 2 atom stereocenters. The molecule has 0 spiro atoms. The molecular weight excluding hydrogens is 174 g/mol. The third kappa shape index (κ3) is 1.26. The molecule has 0 bridgehead atoms. The molecule has 0 radical (unpaired) electrons. The monoisotopic (exact) mass is 189 g/mol. The van der Waals surface area contributed by atoms with E-state index >= 15 is 0 Å². The highest BCUT2D eigenvalue weighted by Gasteiger charge is 2.29. The van der Waals surface area contributed by atoms with Crippen LogP contribution in [0.4, 0.5) is 0 Å². The summed E-state index contributed by atoms with van der Waals surface area (Å²) in [6.07, 6.45) is 11.3. The third-order valence-electron chi connectivity index (χ3n) is 3.23. The van der Waals surface area contributed by atoms with Crippen LogP contribution >= 0.6 is 0 Å². The topological polar surface area (TPSA) is 21.3 Å². The third-order valence-corrected chi connectivity index (χ3v) is 3.23. The molecule has 14 heavy (non-hydrogen) atoms. The van der Waals surface area contributed by atoms with Crippen molar-refractivity contribution in [3.63, 3.8) is 0 Å². The van der Waals surface area contributed by atoms with E-state index in [2.05, 4.69) is 29.6 Å². The van der Waals surface area contributed by atoms with Crippen molar-refractivity contribution in [3.8, 4) is 0 Å². The number of nitrogens with one attached hydrogen (secondary N) is 1. The van der Waals surface area contributed by atoms with E-state index < -0.39 is 0 Å². The van der Waals surface area contributed by atoms with Crippen molar-refractivity contribution in [2.75, 3.05) is 13.2 Å². The van der Waals surface area contributed by atoms with E-state index in [-0.39, 0.29) is 6.10 Å². The zero-order valence-electron chi connectivity index (χ0n) is 8.20. The predicted molar refractivity (Wildman–Crippen MR) is 56.1 cm³/mol. The Morgan fingerprint density at radius 1 is 1.36 bits per heavy atom. The van der Waals surface area contributed by atoms with Gasteiger partial charge in [0, 0.05) is 0 Å². The van der Waals surface area contributed by atoms with E-state index in [0.717, 1.165) is 13.2 Å². The van der Waals surface area contributed by atoms with Crippen LogP contribution < -0.4 is 5.32 Å². The van der Waals surface area contributed by atoms with Crippen LogP contribution in [0, 0.1) is 0 Å². The van der Waals surface area contributed by atoms with Gasteiger partial charge in [-0.05, 0) is 30.5 Å². The largest absolute Gasteiger partial charge is 0.367 e. The van der Waals surface area contributed by atoms with Crippen LogP contribution in [0.5, 0.6) is 0 Å². The van der Waals surface area contributed by atoms with Gasteiger partial charge in [0.05, 0.1) is 12.6 Å². The Bertz CT molecular complexity index is 327. The second-order valence-electron chi connectivity index (χ2n) is 4.09. The molecule has 0 saturated carbocycles. The summed E-state index contributed by atoms with van der Waals surface area (Å²) in [5.41, 5.74) is 2.98. The first-order chi connectivity index (χ1) is 6.95. The molecule has 0 aromatic rings. The number of hydrogen-bond donors (Lipinski definition) is 1. The molecule has 1 aliphatic carbocycles. The molecular formula is C12H15NO. The lowest BCUT2D eigenvalue weighted by atomic mass is 9.87. The van der Waals surface area contributed by atoms with Gasteiger partial charge in [0.25, 0.3) is 0 Å². The summed E-state index contributed by atoms with van der Waals surface area (Å²) in [5.74, 6) is 0. The molecule has 0 amide bonds. The summed E-state index contributed by atoms with van der Waals surface area (Å²) in [6, 6.07) is 0.478. The highest BCUT2D eigenvalue weighted by atomic mass is 16.5. The van der Waals surface area contributed by atoms with Gasteiger partial charge in [-0.3, -0.25) is 0 Å². The van der Waals surface area contributed by atoms with E-state index in [9.17, 15) is 0 Å². The van der Waals surface area contributed by atoms with E-state index in [1.54, 1.807) is 5.57 Å². The fourth-order valence-corrected chi connectivity index (χ4v) is 2.52. The van der Waals surface area contributed by atoms with Gasteiger partial charge in [-0.15, -0.1) is 0 Å². The van der Waals surface area contributed by atoms with Gasteiger partial charge < -0.3 is 10.1 Å². The van der Waals surface area contributed by atoms with Crippen LogP contribution in [0.3, 0.4) is 0 Å². The van der Waals surface area contributed by atoms with Crippen LogP contribution in [-0.2, 0) is 4.74 Å². The van der Waals surface area contributed by atoms with Gasteiger partial charge in [0.15, 0.2) is 0 Å². The summed E-state index contributed by atoms with van der Waals surface area (Å²) in [4.78, 5) is 0. The van der Waals surface area contributed by atoms with Gasteiger partial charge in [-0.1, -0.05) is 24.3 Å². The average molecular weight is 189 g/mol. The molecule has 2 aliphatic heterocycles. The zero-order chi connectivity index (χ0) is 9.38. The van der Waals surface area contributed by atoms with Crippen molar-refractivity contribution in [3.05, 3.63) is 35.5 Å². The molecule has 3 rings (SSSR count). The summed E-state index contributed by atoms with van der Waals surface area (Å²) in [7, 11) is 0.